The van der Waals surface area contributed by atoms with Crippen LogP contribution in [0.4, 0.5) is 0 Å². The number of methoxy groups -OCH3 is 2. The maximum absolute atomic E-state index is 5.45. The largest absolute Gasteiger partial charge is 0.497 e. The molecule has 0 radical (unpaired) electrons. The van der Waals surface area contributed by atoms with E-state index in [0.717, 1.165) is 30.0 Å². The Bertz CT molecular complexity index is 406. The van der Waals surface area contributed by atoms with Gasteiger partial charge in [-0.15, -0.1) is 0 Å². The summed E-state index contributed by atoms with van der Waals surface area (Å²) in [4.78, 5) is 0. The molecule has 2 unspecified atom stereocenters. The predicted octanol–water partition coefficient (Wildman–Crippen LogP) is 2.35. The van der Waals surface area contributed by atoms with Crippen LogP contribution >= 0.6 is 0 Å². The van der Waals surface area contributed by atoms with Crippen LogP contribution in [0.25, 0.3) is 0 Å². The highest BCUT2D eigenvalue weighted by atomic mass is 16.5. The summed E-state index contributed by atoms with van der Waals surface area (Å²) in [5.74, 6) is 2.61. The molecule has 3 heteroatoms. The quantitative estimate of drug-likeness (QED) is 0.886. The number of nitrogens with two attached hydrogens (primary N) is 1. The fourth-order valence-electron chi connectivity index (χ4n) is 2.99. The average Bonchev–Trinajstić information content (AvgIpc) is 2.46. The van der Waals surface area contributed by atoms with Gasteiger partial charge in [0.15, 0.2) is 0 Å². The lowest BCUT2D eigenvalue weighted by molar-refractivity contribution is -0.712. The molecule has 1 aliphatic carbocycles. The van der Waals surface area contributed by atoms with Gasteiger partial charge in [0.2, 0.25) is 0 Å². The Morgan fingerprint density at radius 3 is 2.63 bits per heavy atom. The molecule has 0 heterocycles. The molecule has 1 aromatic carbocycles. The zero-order valence-corrected chi connectivity index (χ0v) is 12.3. The lowest BCUT2D eigenvalue weighted by Crippen LogP contribution is -2.90. The molecular formula is C16H26NO2+. The summed E-state index contributed by atoms with van der Waals surface area (Å²) in [5, 5.41) is 2.48. The summed E-state index contributed by atoms with van der Waals surface area (Å²) in [5.41, 5.74) is 1.25. The Morgan fingerprint density at radius 1 is 1.16 bits per heavy atom. The van der Waals surface area contributed by atoms with Crippen LogP contribution in [0, 0.1) is 5.92 Å². The minimum absolute atomic E-state index is 0.764. The third-order valence-electron chi connectivity index (χ3n) is 4.31. The van der Waals surface area contributed by atoms with Crippen LogP contribution in [0.2, 0.25) is 0 Å². The van der Waals surface area contributed by atoms with E-state index in [-0.39, 0.29) is 0 Å². The van der Waals surface area contributed by atoms with Gasteiger partial charge in [-0.05, 0) is 31.4 Å². The van der Waals surface area contributed by atoms with E-state index in [2.05, 4.69) is 18.3 Å². The van der Waals surface area contributed by atoms with E-state index in [4.69, 9.17) is 9.47 Å². The van der Waals surface area contributed by atoms with Gasteiger partial charge < -0.3 is 14.8 Å². The molecule has 19 heavy (non-hydrogen) atoms. The minimum atomic E-state index is 0.764. The van der Waals surface area contributed by atoms with Crippen LogP contribution in [0.15, 0.2) is 18.2 Å². The second-order valence-electron chi connectivity index (χ2n) is 5.54. The summed E-state index contributed by atoms with van der Waals surface area (Å²) in [6, 6.07) is 6.85. The summed E-state index contributed by atoms with van der Waals surface area (Å²) in [7, 11) is 3.41. The summed E-state index contributed by atoms with van der Waals surface area (Å²) in [6.45, 7) is 3.37. The minimum Gasteiger partial charge on any atom is -0.497 e. The van der Waals surface area contributed by atoms with Crippen LogP contribution in [0.3, 0.4) is 0 Å². The van der Waals surface area contributed by atoms with Crippen LogP contribution in [0.1, 0.15) is 38.2 Å². The van der Waals surface area contributed by atoms with Gasteiger partial charge >= 0.3 is 0 Å². The van der Waals surface area contributed by atoms with Crippen molar-refractivity contribution in [2.45, 2.75) is 45.2 Å². The van der Waals surface area contributed by atoms with E-state index in [1.54, 1.807) is 14.2 Å². The Kier molecular flexibility index (Phi) is 5.08. The highest BCUT2D eigenvalue weighted by Gasteiger charge is 2.24. The number of rotatable bonds is 5. The smallest absolute Gasteiger partial charge is 0.131 e. The van der Waals surface area contributed by atoms with Crippen LogP contribution in [-0.2, 0) is 6.54 Å². The summed E-state index contributed by atoms with van der Waals surface area (Å²) < 4.78 is 10.7. The first-order valence-corrected chi connectivity index (χ1v) is 7.29. The molecule has 1 saturated carbocycles. The monoisotopic (exact) mass is 264 g/mol. The van der Waals surface area contributed by atoms with Gasteiger partial charge in [-0.1, -0.05) is 13.3 Å². The van der Waals surface area contributed by atoms with Gasteiger partial charge in [0.25, 0.3) is 0 Å². The predicted molar refractivity (Wildman–Crippen MR) is 76.6 cm³/mol. The first-order chi connectivity index (χ1) is 9.24. The number of quaternary nitrogens is 1. The van der Waals surface area contributed by atoms with Crippen LogP contribution < -0.4 is 14.8 Å². The van der Waals surface area contributed by atoms with Crippen molar-refractivity contribution in [3.05, 3.63) is 23.8 Å². The molecule has 2 atom stereocenters. The first-order valence-electron chi connectivity index (χ1n) is 7.29. The van der Waals surface area contributed by atoms with Crippen molar-refractivity contribution in [2.24, 2.45) is 5.92 Å². The van der Waals surface area contributed by atoms with Crippen molar-refractivity contribution in [3.8, 4) is 11.5 Å². The highest BCUT2D eigenvalue weighted by molar-refractivity contribution is 5.40. The van der Waals surface area contributed by atoms with Gasteiger partial charge in [-0.2, -0.15) is 0 Å². The van der Waals surface area contributed by atoms with E-state index in [9.17, 15) is 0 Å². The van der Waals surface area contributed by atoms with Gasteiger partial charge in [-0.25, -0.2) is 0 Å². The van der Waals surface area contributed by atoms with Gasteiger partial charge in [-0.3, -0.25) is 0 Å². The zero-order valence-electron chi connectivity index (χ0n) is 12.3. The standard InChI is InChI=1S/C16H25NO2/c1-12-6-4-5-7-15(12)17-11-13-8-9-14(18-2)10-16(13)19-3/h8-10,12,15,17H,4-7,11H2,1-3H3/p+1. The number of benzene rings is 1. The van der Waals surface area contributed by atoms with Crippen molar-refractivity contribution in [2.75, 3.05) is 14.2 Å². The average molecular weight is 264 g/mol. The molecule has 2 rings (SSSR count). The van der Waals surface area contributed by atoms with E-state index >= 15 is 0 Å². The molecule has 1 aliphatic rings. The Balaban J connectivity index is 1.98. The maximum Gasteiger partial charge on any atom is 0.131 e. The molecule has 0 saturated heterocycles. The van der Waals surface area contributed by atoms with Crippen LogP contribution in [0.5, 0.6) is 11.5 Å². The van der Waals surface area contributed by atoms with Crippen molar-refractivity contribution in [3.63, 3.8) is 0 Å². The molecule has 2 N–H and O–H groups in total. The Hall–Kier alpha value is -1.22. The maximum atomic E-state index is 5.45. The van der Waals surface area contributed by atoms with Gasteiger partial charge in [0.1, 0.15) is 18.0 Å². The molecule has 1 aromatic rings. The zero-order chi connectivity index (χ0) is 13.7. The topological polar surface area (TPSA) is 35.1 Å². The van der Waals surface area contributed by atoms with Crippen molar-refractivity contribution < 1.29 is 14.8 Å². The molecular weight excluding hydrogens is 238 g/mol. The lowest BCUT2D eigenvalue weighted by atomic mass is 9.86. The summed E-state index contributed by atoms with van der Waals surface area (Å²) >= 11 is 0. The number of ether oxygens (including phenoxy) is 2. The molecule has 0 aliphatic heterocycles. The van der Waals surface area contributed by atoms with E-state index in [1.165, 1.54) is 31.2 Å². The van der Waals surface area contributed by atoms with Gasteiger partial charge in [0.05, 0.1) is 20.3 Å². The second kappa shape index (κ2) is 6.80. The van der Waals surface area contributed by atoms with Crippen molar-refractivity contribution in [1.29, 1.82) is 0 Å². The van der Waals surface area contributed by atoms with E-state index < -0.39 is 0 Å². The van der Waals surface area contributed by atoms with Crippen molar-refractivity contribution >= 4 is 0 Å². The SMILES string of the molecule is COc1ccc(C[NH2+]C2CCCCC2C)c(OC)c1. The fourth-order valence-corrected chi connectivity index (χ4v) is 2.99. The molecule has 1 fully saturated rings. The third-order valence-corrected chi connectivity index (χ3v) is 4.31. The van der Waals surface area contributed by atoms with E-state index in [0.29, 0.717) is 0 Å². The molecule has 3 nitrogen and oxygen atoms in total. The van der Waals surface area contributed by atoms with Crippen molar-refractivity contribution in [1.82, 2.24) is 0 Å². The lowest BCUT2D eigenvalue weighted by Gasteiger charge is -2.26. The Morgan fingerprint density at radius 2 is 1.95 bits per heavy atom. The van der Waals surface area contributed by atoms with E-state index in [1.807, 2.05) is 12.1 Å². The molecule has 106 valence electrons. The second-order valence-corrected chi connectivity index (χ2v) is 5.54. The molecule has 0 amide bonds. The van der Waals surface area contributed by atoms with Crippen LogP contribution in [-0.4, -0.2) is 20.3 Å². The first kappa shape index (κ1) is 14.2. The molecule has 0 spiro atoms. The highest BCUT2D eigenvalue weighted by Crippen LogP contribution is 2.25. The fraction of sp³-hybridized carbons (Fsp3) is 0.625. The number of hydrogen-bond donors (Lipinski definition) is 1. The normalized spacial score (nSPS) is 23.1. The molecule has 0 aromatic heterocycles. The third kappa shape index (κ3) is 3.63. The van der Waals surface area contributed by atoms with Gasteiger partial charge in [0, 0.05) is 17.5 Å². The summed E-state index contributed by atoms with van der Waals surface area (Å²) in [6.07, 6.45) is 5.50. The number of hydrogen-bond acceptors (Lipinski definition) is 2. The molecule has 0 bridgehead atoms. The Labute approximate surface area is 116 Å².